The molecule has 0 fully saturated rings. The highest BCUT2D eigenvalue weighted by Gasteiger charge is 2.37. The number of aromatic nitrogens is 4. The second kappa shape index (κ2) is 4.73. The minimum atomic E-state index is -4.62. The average Bonchev–Trinajstić information content (AvgIpc) is 2.81. The summed E-state index contributed by atoms with van der Waals surface area (Å²) in [4.78, 5) is 0. The van der Waals surface area contributed by atoms with Crippen molar-refractivity contribution in [2.45, 2.75) is 18.7 Å². The van der Waals surface area contributed by atoms with Crippen LogP contribution in [0.5, 0.6) is 0 Å². The molecule has 1 heterocycles. The van der Waals surface area contributed by atoms with Crippen molar-refractivity contribution in [2.75, 3.05) is 0 Å². The zero-order chi connectivity index (χ0) is 13.2. The molecule has 2 N–H and O–H groups in total. The van der Waals surface area contributed by atoms with Gasteiger partial charge in [-0.05, 0) is 16.8 Å². The lowest BCUT2D eigenvalue weighted by Crippen LogP contribution is -2.30. The van der Waals surface area contributed by atoms with Gasteiger partial charge >= 0.3 is 6.18 Å². The van der Waals surface area contributed by atoms with Gasteiger partial charge in [0.15, 0.2) is 6.10 Å². The number of H-pyrrole nitrogens is 1. The molecule has 0 bridgehead atoms. The van der Waals surface area contributed by atoms with Crippen molar-refractivity contribution in [3.8, 4) is 11.4 Å². The number of aromatic amines is 1. The maximum atomic E-state index is 12.2. The second-order valence-corrected chi connectivity index (χ2v) is 3.70. The Labute approximate surface area is 99.6 Å². The third-order valence-corrected chi connectivity index (χ3v) is 2.34. The van der Waals surface area contributed by atoms with Crippen molar-refractivity contribution >= 4 is 0 Å². The molecule has 0 saturated heterocycles. The van der Waals surface area contributed by atoms with E-state index in [9.17, 15) is 13.2 Å². The Balaban J connectivity index is 2.18. The molecule has 8 heteroatoms. The summed E-state index contributed by atoms with van der Waals surface area (Å²) >= 11 is 0. The third-order valence-electron chi connectivity index (χ3n) is 2.34. The standard InChI is InChI=1S/C10H9F3N4O/c11-10(12,13)8(18)5-6-2-1-3-7(4-6)9-14-16-17-15-9/h1-4,8,18H,5H2,(H,14,15,16,17). The first-order chi connectivity index (χ1) is 8.47. The van der Waals surface area contributed by atoms with Crippen LogP contribution in [0.25, 0.3) is 11.4 Å². The van der Waals surface area contributed by atoms with Crippen molar-refractivity contribution in [1.29, 1.82) is 0 Å². The van der Waals surface area contributed by atoms with Crippen LogP contribution in [-0.4, -0.2) is 38.0 Å². The molecule has 5 nitrogen and oxygen atoms in total. The van der Waals surface area contributed by atoms with Crippen molar-refractivity contribution in [2.24, 2.45) is 0 Å². The Kier molecular flexibility index (Phi) is 3.28. The number of benzene rings is 1. The van der Waals surface area contributed by atoms with E-state index >= 15 is 0 Å². The molecule has 0 aliphatic carbocycles. The van der Waals surface area contributed by atoms with E-state index in [4.69, 9.17) is 5.11 Å². The predicted octanol–water partition coefficient (Wildman–Crippen LogP) is 1.33. The van der Waals surface area contributed by atoms with E-state index in [0.717, 1.165) is 0 Å². The summed E-state index contributed by atoms with van der Waals surface area (Å²) in [5.41, 5.74) is 0.887. The largest absolute Gasteiger partial charge is 0.414 e. The van der Waals surface area contributed by atoms with Crippen LogP contribution in [0.3, 0.4) is 0 Å². The number of hydrogen-bond donors (Lipinski definition) is 2. The van der Waals surface area contributed by atoms with Crippen LogP contribution in [0.1, 0.15) is 5.56 Å². The number of alkyl halides is 3. The number of nitrogens with one attached hydrogen (secondary N) is 1. The lowest BCUT2D eigenvalue weighted by atomic mass is 10.0. The van der Waals surface area contributed by atoms with E-state index in [1.165, 1.54) is 12.1 Å². The molecule has 2 rings (SSSR count). The van der Waals surface area contributed by atoms with Gasteiger partial charge in [-0.3, -0.25) is 0 Å². The highest BCUT2D eigenvalue weighted by atomic mass is 19.4. The van der Waals surface area contributed by atoms with Crippen LogP contribution in [0, 0.1) is 0 Å². The van der Waals surface area contributed by atoms with Gasteiger partial charge < -0.3 is 5.11 Å². The SMILES string of the molecule is OC(Cc1cccc(-c2nn[nH]n2)c1)C(F)(F)F. The summed E-state index contributed by atoms with van der Waals surface area (Å²) in [5, 5.41) is 22.0. The van der Waals surface area contributed by atoms with Crippen LogP contribution in [-0.2, 0) is 6.42 Å². The van der Waals surface area contributed by atoms with Crippen LogP contribution in [0.2, 0.25) is 0 Å². The lowest BCUT2D eigenvalue weighted by molar-refractivity contribution is -0.203. The molecule has 0 amide bonds. The zero-order valence-electron chi connectivity index (χ0n) is 9.02. The van der Waals surface area contributed by atoms with E-state index in [0.29, 0.717) is 17.0 Å². The minimum absolute atomic E-state index is 0.290. The highest BCUT2D eigenvalue weighted by molar-refractivity contribution is 5.54. The van der Waals surface area contributed by atoms with Gasteiger partial charge in [0.2, 0.25) is 5.82 Å². The molecule has 1 aromatic carbocycles. The van der Waals surface area contributed by atoms with Gasteiger partial charge in [0, 0.05) is 12.0 Å². The molecule has 2 aromatic rings. The topological polar surface area (TPSA) is 74.7 Å². The average molecular weight is 258 g/mol. The quantitative estimate of drug-likeness (QED) is 0.871. The van der Waals surface area contributed by atoms with Gasteiger partial charge in [-0.1, -0.05) is 18.2 Å². The first-order valence-corrected chi connectivity index (χ1v) is 5.04. The van der Waals surface area contributed by atoms with Gasteiger partial charge in [0.1, 0.15) is 0 Å². The summed E-state index contributed by atoms with van der Waals surface area (Å²) in [7, 11) is 0. The van der Waals surface area contributed by atoms with E-state index in [1.807, 2.05) is 0 Å². The fourth-order valence-electron chi connectivity index (χ4n) is 1.46. The van der Waals surface area contributed by atoms with Gasteiger partial charge in [0.05, 0.1) is 0 Å². The second-order valence-electron chi connectivity index (χ2n) is 3.70. The third kappa shape index (κ3) is 2.83. The maximum Gasteiger partial charge on any atom is 0.414 e. The van der Waals surface area contributed by atoms with Gasteiger partial charge in [-0.15, -0.1) is 10.2 Å². The Hall–Kier alpha value is -1.96. The monoisotopic (exact) mass is 258 g/mol. The summed E-state index contributed by atoms with van der Waals surface area (Å²) in [5.74, 6) is 0.290. The van der Waals surface area contributed by atoms with Crippen molar-refractivity contribution in [1.82, 2.24) is 20.6 Å². The number of nitrogens with zero attached hydrogens (tertiary/aromatic N) is 3. The van der Waals surface area contributed by atoms with Gasteiger partial charge in [-0.25, -0.2) is 0 Å². The van der Waals surface area contributed by atoms with Crippen LogP contribution in [0.4, 0.5) is 13.2 Å². The first-order valence-electron chi connectivity index (χ1n) is 5.04. The highest BCUT2D eigenvalue weighted by Crippen LogP contribution is 2.24. The van der Waals surface area contributed by atoms with E-state index in [-0.39, 0.29) is 0 Å². The molecule has 1 unspecified atom stereocenters. The number of aliphatic hydroxyl groups is 1. The first kappa shape index (κ1) is 12.5. The molecule has 0 spiro atoms. The predicted molar refractivity (Wildman–Crippen MR) is 55.4 cm³/mol. The van der Waals surface area contributed by atoms with Crippen molar-refractivity contribution in [3.05, 3.63) is 29.8 Å². The smallest absolute Gasteiger partial charge is 0.383 e. The van der Waals surface area contributed by atoms with Crippen molar-refractivity contribution in [3.63, 3.8) is 0 Å². The van der Waals surface area contributed by atoms with E-state index in [2.05, 4.69) is 20.6 Å². The fraction of sp³-hybridized carbons (Fsp3) is 0.300. The molecule has 1 aromatic heterocycles. The summed E-state index contributed by atoms with van der Waals surface area (Å²) in [6, 6.07) is 6.21. The number of halogens is 3. The van der Waals surface area contributed by atoms with E-state index in [1.54, 1.807) is 12.1 Å². The van der Waals surface area contributed by atoms with E-state index < -0.39 is 18.7 Å². The summed E-state index contributed by atoms with van der Waals surface area (Å²) in [6.45, 7) is 0. The molecular weight excluding hydrogens is 249 g/mol. The molecule has 0 aliphatic heterocycles. The normalized spacial score (nSPS) is 13.6. The number of hydrogen-bond acceptors (Lipinski definition) is 4. The van der Waals surface area contributed by atoms with Crippen LogP contribution >= 0.6 is 0 Å². The Bertz CT molecular complexity index is 512. The number of tetrazole rings is 1. The fourth-order valence-corrected chi connectivity index (χ4v) is 1.46. The number of rotatable bonds is 3. The molecule has 18 heavy (non-hydrogen) atoms. The molecule has 0 saturated carbocycles. The maximum absolute atomic E-state index is 12.2. The molecule has 0 aliphatic rings. The Morgan fingerprint density at radius 2 is 2.11 bits per heavy atom. The van der Waals surface area contributed by atoms with Crippen LogP contribution < -0.4 is 0 Å². The number of aliphatic hydroxyl groups excluding tert-OH is 1. The molecular formula is C10H9F3N4O. The zero-order valence-corrected chi connectivity index (χ0v) is 9.02. The lowest BCUT2D eigenvalue weighted by Gasteiger charge is -2.14. The van der Waals surface area contributed by atoms with Crippen LogP contribution in [0.15, 0.2) is 24.3 Å². The van der Waals surface area contributed by atoms with Gasteiger partial charge in [-0.2, -0.15) is 18.4 Å². The minimum Gasteiger partial charge on any atom is -0.383 e. The summed E-state index contributed by atoms with van der Waals surface area (Å²) in [6.07, 6.45) is -7.50. The Morgan fingerprint density at radius 3 is 2.72 bits per heavy atom. The Morgan fingerprint density at radius 1 is 1.33 bits per heavy atom. The van der Waals surface area contributed by atoms with Gasteiger partial charge in [0.25, 0.3) is 0 Å². The molecule has 0 radical (unpaired) electrons. The van der Waals surface area contributed by atoms with Crippen molar-refractivity contribution < 1.29 is 18.3 Å². The molecule has 1 atom stereocenters. The summed E-state index contributed by atoms with van der Waals surface area (Å²) < 4.78 is 36.7. The molecule has 96 valence electrons.